The molecule has 10 heteroatoms. The lowest BCUT2D eigenvalue weighted by atomic mass is 9.96. The Labute approximate surface area is 210 Å². The molecule has 0 unspecified atom stereocenters. The standard InChI is InChI=1S/C25H32ClN3O6/c1-18(2)12-20-14-22(35-27-20)24(31)29-8-11-34-25(16-29,15-23(30)28-6-9-32-10-7-28)17-33-21-5-3-4-19(26)13-21/h3-5,13-14,18H,6-12,15-17H2,1-2H3/t25-/m1/s1. The summed E-state index contributed by atoms with van der Waals surface area (Å²) in [5, 5.41) is 4.58. The Bertz CT molecular complexity index is 1020. The highest BCUT2D eigenvalue weighted by atomic mass is 35.5. The number of rotatable bonds is 8. The van der Waals surface area contributed by atoms with Crippen molar-refractivity contribution in [1.29, 1.82) is 0 Å². The van der Waals surface area contributed by atoms with Crippen LogP contribution in [0.2, 0.25) is 5.02 Å². The zero-order valence-electron chi connectivity index (χ0n) is 20.2. The maximum Gasteiger partial charge on any atom is 0.292 e. The van der Waals surface area contributed by atoms with Crippen LogP contribution in [0.1, 0.15) is 36.5 Å². The highest BCUT2D eigenvalue weighted by Gasteiger charge is 2.43. The third-order valence-electron chi connectivity index (χ3n) is 6.06. The van der Waals surface area contributed by atoms with Crippen molar-refractivity contribution in [3.8, 4) is 5.75 Å². The molecule has 2 aliphatic rings. The third kappa shape index (κ3) is 6.74. The average Bonchev–Trinajstić information content (AvgIpc) is 3.31. The number of morpholine rings is 2. The first kappa shape index (κ1) is 25.5. The molecular weight excluding hydrogens is 474 g/mol. The van der Waals surface area contributed by atoms with Gasteiger partial charge in [0.05, 0.1) is 38.5 Å². The van der Waals surface area contributed by atoms with Gasteiger partial charge in [-0.05, 0) is 30.5 Å². The molecule has 35 heavy (non-hydrogen) atoms. The molecule has 2 amide bonds. The lowest BCUT2D eigenvalue weighted by Gasteiger charge is -2.42. The summed E-state index contributed by atoms with van der Waals surface area (Å²) in [5.74, 6) is 0.815. The van der Waals surface area contributed by atoms with Gasteiger partial charge in [0.1, 0.15) is 18.0 Å². The van der Waals surface area contributed by atoms with Gasteiger partial charge in [0.2, 0.25) is 11.7 Å². The van der Waals surface area contributed by atoms with Gasteiger partial charge < -0.3 is 28.5 Å². The molecule has 0 radical (unpaired) electrons. The van der Waals surface area contributed by atoms with E-state index >= 15 is 0 Å². The van der Waals surface area contributed by atoms with Gasteiger partial charge in [-0.15, -0.1) is 0 Å². The van der Waals surface area contributed by atoms with Crippen LogP contribution in [0.4, 0.5) is 0 Å². The number of nitrogens with zero attached hydrogens (tertiary/aromatic N) is 3. The van der Waals surface area contributed by atoms with Crippen LogP contribution in [0.3, 0.4) is 0 Å². The van der Waals surface area contributed by atoms with E-state index in [0.717, 1.165) is 12.1 Å². The Hall–Kier alpha value is -2.62. The molecular formula is C25H32ClN3O6. The average molecular weight is 506 g/mol. The highest BCUT2D eigenvalue weighted by molar-refractivity contribution is 6.30. The van der Waals surface area contributed by atoms with E-state index in [1.165, 1.54) is 0 Å². The van der Waals surface area contributed by atoms with E-state index in [1.54, 1.807) is 40.1 Å². The van der Waals surface area contributed by atoms with E-state index in [4.69, 9.17) is 30.3 Å². The number of carbonyl (C=O) groups excluding carboxylic acids is 2. The fraction of sp³-hybridized carbons (Fsp3) is 0.560. The summed E-state index contributed by atoms with van der Waals surface area (Å²) in [4.78, 5) is 29.8. The van der Waals surface area contributed by atoms with E-state index < -0.39 is 5.60 Å². The molecule has 4 rings (SSSR count). The van der Waals surface area contributed by atoms with Gasteiger partial charge in [-0.3, -0.25) is 9.59 Å². The van der Waals surface area contributed by atoms with Crippen molar-refractivity contribution in [1.82, 2.24) is 15.0 Å². The predicted molar refractivity (Wildman–Crippen MR) is 129 cm³/mol. The van der Waals surface area contributed by atoms with Gasteiger partial charge in [0.15, 0.2) is 0 Å². The predicted octanol–water partition coefficient (Wildman–Crippen LogP) is 3.07. The van der Waals surface area contributed by atoms with Crippen LogP contribution < -0.4 is 4.74 Å². The van der Waals surface area contributed by atoms with Gasteiger partial charge in [-0.2, -0.15) is 0 Å². The molecule has 2 saturated heterocycles. The van der Waals surface area contributed by atoms with Gasteiger partial charge in [-0.1, -0.05) is 36.7 Å². The Morgan fingerprint density at radius 1 is 1.14 bits per heavy atom. The van der Waals surface area contributed by atoms with Crippen LogP contribution in [-0.4, -0.2) is 85.0 Å². The molecule has 1 aromatic heterocycles. The Morgan fingerprint density at radius 2 is 1.91 bits per heavy atom. The lowest BCUT2D eigenvalue weighted by molar-refractivity contribution is -0.155. The van der Waals surface area contributed by atoms with Gasteiger partial charge >= 0.3 is 0 Å². The smallest absolute Gasteiger partial charge is 0.292 e. The number of hydrogen-bond donors (Lipinski definition) is 0. The second-order valence-corrected chi connectivity index (χ2v) is 9.89. The van der Waals surface area contributed by atoms with Crippen molar-refractivity contribution in [2.75, 3.05) is 52.6 Å². The maximum absolute atomic E-state index is 13.3. The molecule has 2 fully saturated rings. The first-order valence-electron chi connectivity index (χ1n) is 12.0. The summed E-state index contributed by atoms with van der Waals surface area (Å²) < 4.78 is 22.9. The minimum atomic E-state index is -1.02. The van der Waals surface area contributed by atoms with Crippen molar-refractivity contribution >= 4 is 23.4 Å². The summed E-state index contributed by atoms with van der Waals surface area (Å²) in [6, 6.07) is 8.74. The Morgan fingerprint density at radius 3 is 2.66 bits per heavy atom. The quantitative estimate of drug-likeness (QED) is 0.544. The second kappa shape index (κ2) is 11.4. The number of aromatic nitrogens is 1. The van der Waals surface area contributed by atoms with Crippen molar-refractivity contribution in [3.63, 3.8) is 0 Å². The molecule has 190 valence electrons. The van der Waals surface area contributed by atoms with Crippen LogP contribution in [0.15, 0.2) is 34.9 Å². The maximum atomic E-state index is 13.3. The fourth-order valence-corrected chi connectivity index (χ4v) is 4.50. The molecule has 2 aromatic rings. The molecule has 2 aliphatic heterocycles. The largest absolute Gasteiger partial charge is 0.490 e. The summed E-state index contributed by atoms with van der Waals surface area (Å²) in [6.45, 7) is 7.16. The molecule has 0 aliphatic carbocycles. The molecule has 9 nitrogen and oxygen atoms in total. The molecule has 0 saturated carbocycles. The van der Waals surface area contributed by atoms with Crippen LogP contribution >= 0.6 is 11.6 Å². The van der Waals surface area contributed by atoms with E-state index in [-0.39, 0.29) is 43.8 Å². The number of ether oxygens (including phenoxy) is 3. The SMILES string of the molecule is CC(C)Cc1cc(C(=O)N2CCO[C@](COc3cccc(Cl)c3)(CC(=O)N3CCOCC3)C2)on1. The number of carbonyl (C=O) groups is 2. The van der Waals surface area contributed by atoms with Crippen molar-refractivity contribution in [2.24, 2.45) is 5.92 Å². The first-order valence-corrected chi connectivity index (χ1v) is 12.3. The van der Waals surface area contributed by atoms with Crippen LogP contribution in [-0.2, 0) is 20.7 Å². The number of amides is 2. The van der Waals surface area contributed by atoms with Crippen molar-refractivity contribution in [3.05, 3.63) is 46.8 Å². The van der Waals surface area contributed by atoms with Crippen molar-refractivity contribution < 1.29 is 28.3 Å². The Kier molecular flexibility index (Phi) is 8.30. The molecule has 1 aromatic carbocycles. The van der Waals surface area contributed by atoms with Gasteiger partial charge in [-0.25, -0.2) is 0 Å². The minimum absolute atomic E-state index is 0.0591. The normalized spacial score (nSPS) is 20.8. The minimum Gasteiger partial charge on any atom is -0.490 e. The monoisotopic (exact) mass is 505 g/mol. The topological polar surface area (TPSA) is 94.3 Å². The zero-order valence-corrected chi connectivity index (χ0v) is 21.0. The molecule has 0 N–H and O–H groups in total. The number of benzene rings is 1. The number of hydrogen-bond acceptors (Lipinski definition) is 7. The fourth-order valence-electron chi connectivity index (χ4n) is 4.32. The lowest BCUT2D eigenvalue weighted by Crippen LogP contribution is -2.58. The summed E-state index contributed by atoms with van der Waals surface area (Å²) >= 11 is 6.10. The van der Waals surface area contributed by atoms with Gasteiger partial charge in [0, 0.05) is 30.7 Å². The molecule has 1 atom stereocenters. The Balaban J connectivity index is 1.51. The summed E-state index contributed by atoms with van der Waals surface area (Å²) in [7, 11) is 0. The third-order valence-corrected chi connectivity index (χ3v) is 6.29. The van der Waals surface area contributed by atoms with E-state index in [1.807, 2.05) is 0 Å². The van der Waals surface area contributed by atoms with Crippen LogP contribution in [0, 0.1) is 5.92 Å². The summed E-state index contributed by atoms with van der Waals surface area (Å²) in [6.07, 6.45) is 0.803. The molecule has 0 spiro atoms. The molecule has 0 bridgehead atoms. The molecule has 3 heterocycles. The highest BCUT2D eigenvalue weighted by Crippen LogP contribution is 2.27. The first-order chi connectivity index (χ1) is 16.8. The van der Waals surface area contributed by atoms with Crippen LogP contribution in [0.25, 0.3) is 0 Å². The van der Waals surface area contributed by atoms with E-state index in [0.29, 0.717) is 49.5 Å². The second-order valence-electron chi connectivity index (χ2n) is 9.45. The van der Waals surface area contributed by atoms with Crippen LogP contribution in [0.5, 0.6) is 5.75 Å². The number of halogens is 1. The van der Waals surface area contributed by atoms with Crippen molar-refractivity contribution in [2.45, 2.75) is 32.3 Å². The zero-order chi connectivity index (χ0) is 24.8. The summed E-state index contributed by atoms with van der Waals surface area (Å²) in [5.41, 5.74) is -0.276. The van der Waals surface area contributed by atoms with E-state index in [9.17, 15) is 9.59 Å². The van der Waals surface area contributed by atoms with E-state index in [2.05, 4.69) is 19.0 Å². The van der Waals surface area contributed by atoms with Gasteiger partial charge in [0.25, 0.3) is 5.91 Å².